The lowest BCUT2D eigenvalue weighted by Gasteiger charge is -2.22. The fourth-order valence-corrected chi connectivity index (χ4v) is 3.64. The van der Waals surface area contributed by atoms with Crippen molar-refractivity contribution in [3.63, 3.8) is 0 Å². The van der Waals surface area contributed by atoms with E-state index >= 15 is 0 Å². The van der Waals surface area contributed by atoms with Crippen molar-refractivity contribution >= 4 is 24.1 Å². The van der Waals surface area contributed by atoms with Crippen LogP contribution in [0.1, 0.15) is 47.2 Å². The lowest BCUT2D eigenvalue weighted by atomic mass is 10.1. The molecule has 5 nitrogen and oxygen atoms in total. The number of rotatable bonds is 7. The van der Waals surface area contributed by atoms with Crippen LogP contribution in [0.3, 0.4) is 0 Å². The number of nitrogens with zero attached hydrogens (tertiary/aromatic N) is 3. The fraction of sp³-hybridized carbons (Fsp3) is 0.333. The van der Waals surface area contributed by atoms with E-state index in [1.165, 1.54) is 5.70 Å². The van der Waals surface area contributed by atoms with E-state index < -0.39 is 5.91 Å². The van der Waals surface area contributed by atoms with Gasteiger partial charge < -0.3 is 15.2 Å². The minimum Gasteiger partial charge on any atom is -0.372 e. The van der Waals surface area contributed by atoms with E-state index in [-0.39, 0.29) is 5.57 Å². The van der Waals surface area contributed by atoms with Crippen LogP contribution in [0.2, 0.25) is 0 Å². The topological polar surface area (TPSA) is 75.0 Å². The van der Waals surface area contributed by atoms with Gasteiger partial charge in [0.1, 0.15) is 11.6 Å². The Kier molecular flexibility index (Phi) is 10.2. The van der Waals surface area contributed by atoms with Gasteiger partial charge in [0.15, 0.2) is 0 Å². The standard InChI is InChI=1S/C25H30N4O.C2H6/c1-7-21(29(8-2)9-3)15-19-10-11-20(14-17(19)4)24-13-12-23(28(24)6)18(5)22(16-26)25(27)30;1-2/h7,10-15H,4,8-9H2,1-3,5-6H3,(H2,27,30);1-2H3/b19-15-,21-7+,22-18+;. The summed E-state index contributed by atoms with van der Waals surface area (Å²) in [5.41, 5.74) is 9.81. The second kappa shape index (κ2) is 12.4. The van der Waals surface area contributed by atoms with Crippen LogP contribution in [-0.2, 0) is 11.8 Å². The molecule has 0 fully saturated rings. The van der Waals surface area contributed by atoms with Crippen LogP contribution in [0.25, 0.3) is 29.5 Å². The minimum atomic E-state index is -0.717. The Balaban J connectivity index is 0.00000249. The van der Waals surface area contributed by atoms with E-state index in [0.717, 1.165) is 40.5 Å². The summed E-state index contributed by atoms with van der Waals surface area (Å²) in [6.45, 7) is 18.2. The minimum absolute atomic E-state index is 0.0270. The normalized spacial score (nSPS) is 12.4. The summed E-state index contributed by atoms with van der Waals surface area (Å²) in [5, 5.41) is 11.2. The van der Waals surface area contributed by atoms with E-state index in [4.69, 9.17) is 5.73 Å². The molecule has 0 aliphatic heterocycles. The van der Waals surface area contributed by atoms with Crippen molar-refractivity contribution in [2.45, 2.75) is 41.5 Å². The zero-order chi connectivity index (χ0) is 24.4. The van der Waals surface area contributed by atoms with Gasteiger partial charge in [0.25, 0.3) is 5.91 Å². The zero-order valence-corrected chi connectivity index (χ0v) is 20.5. The maximum Gasteiger partial charge on any atom is 0.259 e. The SMILES string of the molecule is C=c1cc(-c2ccc(/C(C)=C(\C#N)C(N)=O)n2C)cc/c1=C/C(=C\C)N(CC)CC.CC. The van der Waals surface area contributed by atoms with Crippen LogP contribution in [0.15, 0.2) is 47.7 Å². The molecule has 0 bridgehead atoms. The average Bonchev–Trinajstić information content (AvgIpc) is 3.17. The molecule has 2 aromatic rings. The molecule has 1 heterocycles. The van der Waals surface area contributed by atoms with E-state index in [1.807, 2.05) is 50.6 Å². The number of nitriles is 1. The third-order valence-corrected chi connectivity index (χ3v) is 5.41. The van der Waals surface area contributed by atoms with Crippen molar-refractivity contribution in [1.29, 1.82) is 5.26 Å². The molecule has 0 aliphatic carbocycles. The summed E-state index contributed by atoms with van der Waals surface area (Å²) in [6, 6.07) is 12.0. The van der Waals surface area contributed by atoms with E-state index in [1.54, 1.807) is 6.92 Å². The highest BCUT2D eigenvalue weighted by atomic mass is 16.1. The Bertz CT molecular complexity index is 1160. The highest BCUT2D eigenvalue weighted by Crippen LogP contribution is 2.25. The Labute approximate surface area is 192 Å². The molecule has 0 unspecified atom stereocenters. The Morgan fingerprint density at radius 3 is 2.31 bits per heavy atom. The van der Waals surface area contributed by atoms with Crippen LogP contribution < -0.4 is 16.2 Å². The largest absolute Gasteiger partial charge is 0.372 e. The van der Waals surface area contributed by atoms with Crippen LogP contribution >= 0.6 is 0 Å². The molecule has 1 aromatic carbocycles. The van der Waals surface area contributed by atoms with Gasteiger partial charge in [0.05, 0.1) is 0 Å². The number of carbonyl (C=O) groups is 1. The number of benzene rings is 1. The Hall–Kier alpha value is -3.52. The lowest BCUT2D eigenvalue weighted by molar-refractivity contribution is -0.114. The molecule has 2 rings (SSSR count). The summed E-state index contributed by atoms with van der Waals surface area (Å²) in [6.07, 6.45) is 4.28. The van der Waals surface area contributed by atoms with Crippen LogP contribution in [0.4, 0.5) is 0 Å². The maximum absolute atomic E-state index is 11.5. The molecule has 0 spiro atoms. The predicted molar refractivity (Wildman–Crippen MR) is 136 cm³/mol. The molecular weight excluding hydrogens is 396 g/mol. The van der Waals surface area contributed by atoms with Crippen molar-refractivity contribution in [2.75, 3.05) is 13.1 Å². The second-order valence-corrected chi connectivity index (χ2v) is 7.08. The van der Waals surface area contributed by atoms with Crippen molar-refractivity contribution < 1.29 is 4.79 Å². The molecule has 0 saturated heterocycles. The molecule has 0 aliphatic rings. The van der Waals surface area contributed by atoms with E-state index in [9.17, 15) is 10.1 Å². The van der Waals surface area contributed by atoms with Gasteiger partial charge in [0.2, 0.25) is 0 Å². The molecule has 0 atom stereocenters. The summed E-state index contributed by atoms with van der Waals surface area (Å²) >= 11 is 0. The molecule has 2 N–H and O–H groups in total. The number of primary amides is 1. The Morgan fingerprint density at radius 2 is 1.84 bits per heavy atom. The van der Waals surface area contributed by atoms with Crippen molar-refractivity contribution in [2.24, 2.45) is 12.8 Å². The number of hydrogen-bond acceptors (Lipinski definition) is 3. The van der Waals surface area contributed by atoms with Gasteiger partial charge in [-0.1, -0.05) is 38.6 Å². The predicted octanol–water partition coefficient (Wildman–Crippen LogP) is 3.94. The second-order valence-electron chi connectivity index (χ2n) is 7.08. The first-order chi connectivity index (χ1) is 15.3. The van der Waals surface area contributed by atoms with Crippen molar-refractivity contribution in [3.05, 3.63) is 63.8 Å². The summed E-state index contributed by atoms with van der Waals surface area (Å²) in [5.74, 6) is -0.717. The molecule has 32 heavy (non-hydrogen) atoms. The lowest BCUT2D eigenvalue weighted by Crippen LogP contribution is -2.27. The number of carbonyl (C=O) groups excluding carboxylic acids is 1. The Morgan fingerprint density at radius 1 is 1.22 bits per heavy atom. The van der Waals surface area contributed by atoms with Gasteiger partial charge in [-0.15, -0.1) is 0 Å². The molecule has 5 heteroatoms. The molecule has 1 amide bonds. The van der Waals surface area contributed by atoms with Crippen LogP contribution in [-0.4, -0.2) is 28.5 Å². The van der Waals surface area contributed by atoms with Gasteiger partial charge in [0, 0.05) is 37.2 Å². The molecule has 0 radical (unpaired) electrons. The molecular formula is C27H36N4O. The summed E-state index contributed by atoms with van der Waals surface area (Å²) in [4.78, 5) is 13.8. The first kappa shape index (κ1) is 26.5. The quantitative estimate of drug-likeness (QED) is 0.532. The van der Waals surface area contributed by atoms with Crippen molar-refractivity contribution in [1.82, 2.24) is 9.47 Å². The van der Waals surface area contributed by atoms with Gasteiger partial charge in [-0.05, 0) is 73.5 Å². The van der Waals surface area contributed by atoms with Gasteiger partial charge in [-0.2, -0.15) is 5.26 Å². The third-order valence-electron chi connectivity index (χ3n) is 5.41. The number of hydrogen-bond donors (Lipinski definition) is 1. The molecule has 0 saturated carbocycles. The summed E-state index contributed by atoms with van der Waals surface area (Å²) < 4.78 is 1.96. The number of aromatic nitrogens is 1. The first-order valence-electron chi connectivity index (χ1n) is 11.1. The number of allylic oxidation sites excluding steroid dienone is 3. The molecule has 1 aromatic heterocycles. The van der Waals surface area contributed by atoms with Gasteiger partial charge in [-0.3, -0.25) is 4.79 Å². The van der Waals surface area contributed by atoms with Crippen LogP contribution in [0.5, 0.6) is 0 Å². The maximum atomic E-state index is 11.5. The van der Waals surface area contributed by atoms with Gasteiger partial charge >= 0.3 is 0 Å². The summed E-state index contributed by atoms with van der Waals surface area (Å²) in [7, 11) is 1.91. The van der Waals surface area contributed by atoms with Crippen molar-refractivity contribution in [3.8, 4) is 17.3 Å². The third kappa shape index (κ3) is 5.79. The average molecular weight is 433 g/mol. The highest BCUT2D eigenvalue weighted by Gasteiger charge is 2.15. The zero-order valence-electron chi connectivity index (χ0n) is 20.5. The molecule has 170 valence electrons. The van der Waals surface area contributed by atoms with E-state index in [0.29, 0.717) is 5.57 Å². The van der Waals surface area contributed by atoms with Crippen LogP contribution in [0, 0.1) is 11.3 Å². The first-order valence-corrected chi connectivity index (χ1v) is 11.1. The highest BCUT2D eigenvalue weighted by molar-refractivity contribution is 6.03. The fourth-order valence-electron chi connectivity index (χ4n) is 3.64. The smallest absolute Gasteiger partial charge is 0.259 e. The number of amides is 1. The van der Waals surface area contributed by atoms with E-state index in [2.05, 4.69) is 55.7 Å². The van der Waals surface area contributed by atoms with Gasteiger partial charge in [-0.25, -0.2) is 0 Å². The monoisotopic (exact) mass is 432 g/mol. The number of nitrogens with two attached hydrogens (primary N) is 1.